The van der Waals surface area contributed by atoms with Crippen LogP contribution in [0.25, 0.3) is 0 Å². The molecule has 1 heterocycles. The van der Waals surface area contributed by atoms with E-state index in [2.05, 4.69) is 20.9 Å². The highest BCUT2D eigenvalue weighted by Gasteiger charge is 2.11. The van der Waals surface area contributed by atoms with Gasteiger partial charge in [0.15, 0.2) is 6.29 Å². The SMILES string of the molecule is CCOCC(Br)c1ncc(C=O)s1. The Morgan fingerprint density at radius 3 is 3.15 bits per heavy atom. The predicted octanol–water partition coefficient (Wildman–Crippen LogP) is 2.43. The highest BCUT2D eigenvalue weighted by molar-refractivity contribution is 9.09. The zero-order chi connectivity index (χ0) is 9.68. The van der Waals surface area contributed by atoms with Crippen molar-refractivity contribution in [1.29, 1.82) is 0 Å². The molecule has 0 aliphatic heterocycles. The van der Waals surface area contributed by atoms with Crippen molar-refractivity contribution in [2.45, 2.75) is 11.8 Å². The van der Waals surface area contributed by atoms with Crippen LogP contribution in [0.4, 0.5) is 0 Å². The molecule has 0 N–H and O–H groups in total. The Morgan fingerprint density at radius 2 is 2.62 bits per heavy atom. The molecule has 1 rings (SSSR count). The van der Waals surface area contributed by atoms with Gasteiger partial charge < -0.3 is 4.74 Å². The van der Waals surface area contributed by atoms with Gasteiger partial charge in [0.1, 0.15) is 5.01 Å². The molecule has 0 spiro atoms. The Morgan fingerprint density at radius 1 is 1.85 bits per heavy atom. The summed E-state index contributed by atoms with van der Waals surface area (Å²) in [6.07, 6.45) is 2.38. The fourth-order valence-electron chi connectivity index (χ4n) is 0.793. The predicted molar refractivity (Wildman–Crippen MR) is 55.7 cm³/mol. The fourth-order valence-corrected chi connectivity index (χ4v) is 2.07. The third-order valence-electron chi connectivity index (χ3n) is 1.39. The number of ether oxygens (including phenoxy) is 1. The maximum Gasteiger partial charge on any atom is 0.161 e. The highest BCUT2D eigenvalue weighted by atomic mass is 79.9. The molecule has 1 aromatic heterocycles. The zero-order valence-electron chi connectivity index (χ0n) is 7.20. The second-order valence-electron chi connectivity index (χ2n) is 2.35. The van der Waals surface area contributed by atoms with Crippen molar-refractivity contribution in [1.82, 2.24) is 4.98 Å². The summed E-state index contributed by atoms with van der Waals surface area (Å²) in [7, 11) is 0. The van der Waals surface area contributed by atoms with E-state index in [0.717, 1.165) is 11.3 Å². The number of carbonyl (C=O) groups is 1. The summed E-state index contributed by atoms with van der Waals surface area (Å²) in [6.45, 7) is 3.22. The summed E-state index contributed by atoms with van der Waals surface area (Å²) in [6, 6.07) is 0. The molecule has 0 saturated heterocycles. The number of halogens is 1. The van der Waals surface area contributed by atoms with Gasteiger partial charge >= 0.3 is 0 Å². The molecule has 0 aliphatic rings. The van der Waals surface area contributed by atoms with Gasteiger partial charge in [0.2, 0.25) is 0 Å². The molecule has 0 amide bonds. The minimum Gasteiger partial charge on any atom is -0.380 e. The molecule has 0 saturated carbocycles. The molecular formula is C8H10BrNO2S. The number of hydrogen-bond acceptors (Lipinski definition) is 4. The Kier molecular flexibility index (Phi) is 4.55. The monoisotopic (exact) mass is 263 g/mol. The smallest absolute Gasteiger partial charge is 0.161 e. The highest BCUT2D eigenvalue weighted by Crippen LogP contribution is 2.26. The van der Waals surface area contributed by atoms with Crippen LogP contribution in [0, 0.1) is 0 Å². The summed E-state index contributed by atoms with van der Waals surface area (Å²) in [5, 5.41) is 0.885. The van der Waals surface area contributed by atoms with Gasteiger partial charge in [0.25, 0.3) is 0 Å². The van der Waals surface area contributed by atoms with Gasteiger partial charge in [-0.25, -0.2) is 4.98 Å². The van der Waals surface area contributed by atoms with Crippen molar-refractivity contribution in [3.05, 3.63) is 16.1 Å². The van der Waals surface area contributed by atoms with E-state index >= 15 is 0 Å². The van der Waals surface area contributed by atoms with Crippen LogP contribution in [-0.2, 0) is 4.74 Å². The third-order valence-corrected chi connectivity index (χ3v) is 3.43. The van der Waals surface area contributed by atoms with Gasteiger partial charge in [-0.1, -0.05) is 15.9 Å². The van der Waals surface area contributed by atoms with E-state index in [9.17, 15) is 4.79 Å². The molecule has 13 heavy (non-hydrogen) atoms. The molecule has 1 aromatic rings. The van der Waals surface area contributed by atoms with Gasteiger partial charge in [-0.15, -0.1) is 11.3 Å². The van der Waals surface area contributed by atoms with E-state index in [-0.39, 0.29) is 4.83 Å². The Bertz CT molecular complexity index is 277. The number of alkyl halides is 1. The fraction of sp³-hybridized carbons (Fsp3) is 0.500. The Balaban J connectivity index is 2.54. The van der Waals surface area contributed by atoms with E-state index in [1.54, 1.807) is 6.20 Å². The molecule has 3 nitrogen and oxygen atoms in total. The number of aldehydes is 1. The normalized spacial score (nSPS) is 12.8. The lowest BCUT2D eigenvalue weighted by Crippen LogP contribution is -2.00. The molecule has 0 aromatic carbocycles. The Labute approximate surface area is 89.3 Å². The van der Waals surface area contributed by atoms with E-state index in [0.29, 0.717) is 18.1 Å². The quantitative estimate of drug-likeness (QED) is 0.605. The number of thiazole rings is 1. The van der Waals surface area contributed by atoms with Crippen molar-refractivity contribution in [3.63, 3.8) is 0 Å². The van der Waals surface area contributed by atoms with E-state index < -0.39 is 0 Å². The van der Waals surface area contributed by atoms with Crippen LogP contribution in [0.5, 0.6) is 0 Å². The molecule has 1 unspecified atom stereocenters. The number of rotatable bonds is 5. The van der Waals surface area contributed by atoms with Crippen molar-refractivity contribution < 1.29 is 9.53 Å². The molecule has 1 atom stereocenters. The Hall–Kier alpha value is -0.260. The molecular weight excluding hydrogens is 254 g/mol. The minimum absolute atomic E-state index is 0.0890. The second kappa shape index (κ2) is 5.47. The largest absolute Gasteiger partial charge is 0.380 e. The number of hydrogen-bond donors (Lipinski definition) is 0. The first-order valence-electron chi connectivity index (χ1n) is 3.90. The molecule has 5 heteroatoms. The average Bonchev–Trinajstić information content (AvgIpc) is 2.62. The van der Waals surface area contributed by atoms with Gasteiger partial charge in [0.05, 0.1) is 16.3 Å². The number of nitrogens with zero attached hydrogens (tertiary/aromatic N) is 1. The first kappa shape index (κ1) is 10.8. The lowest BCUT2D eigenvalue weighted by molar-refractivity contribution is 0.112. The molecule has 0 aliphatic carbocycles. The van der Waals surface area contributed by atoms with Crippen molar-refractivity contribution in [2.75, 3.05) is 13.2 Å². The van der Waals surface area contributed by atoms with Crippen molar-refractivity contribution >= 4 is 33.6 Å². The standard InChI is InChI=1S/C8H10BrNO2S/c1-2-12-5-7(9)8-10-3-6(4-11)13-8/h3-4,7H,2,5H2,1H3. The summed E-state index contributed by atoms with van der Waals surface area (Å²) in [4.78, 5) is 15.2. The van der Waals surface area contributed by atoms with Crippen molar-refractivity contribution in [3.8, 4) is 0 Å². The lowest BCUT2D eigenvalue weighted by Gasteiger charge is -2.04. The maximum absolute atomic E-state index is 10.4. The van der Waals surface area contributed by atoms with Crippen molar-refractivity contribution in [2.24, 2.45) is 0 Å². The first-order valence-corrected chi connectivity index (χ1v) is 5.63. The molecule has 0 fully saturated rings. The maximum atomic E-state index is 10.4. The van der Waals surface area contributed by atoms with E-state index in [1.807, 2.05) is 6.92 Å². The summed E-state index contributed by atoms with van der Waals surface area (Å²) in [5.41, 5.74) is 0. The topological polar surface area (TPSA) is 39.2 Å². The molecule has 0 bridgehead atoms. The van der Waals surface area contributed by atoms with Gasteiger partial charge in [-0.05, 0) is 6.92 Å². The molecule has 0 radical (unpaired) electrons. The summed E-state index contributed by atoms with van der Waals surface area (Å²) >= 11 is 4.82. The van der Waals surface area contributed by atoms with Crippen LogP contribution in [-0.4, -0.2) is 24.5 Å². The van der Waals surface area contributed by atoms with Gasteiger partial charge in [-0.2, -0.15) is 0 Å². The second-order valence-corrected chi connectivity index (χ2v) is 4.54. The summed E-state index contributed by atoms with van der Waals surface area (Å²) in [5.74, 6) is 0. The van der Waals surface area contributed by atoms with Crippen LogP contribution in [0.3, 0.4) is 0 Å². The van der Waals surface area contributed by atoms with Crippen LogP contribution in [0.15, 0.2) is 6.20 Å². The van der Waals surface area contributed by atoms with E-state index in [1.165, 1.54) is 11.3 Å². The number of aromatic nitrogens is 1. The van der Waals surface area contributed by atoms with Crippen LogP contribution in [0.1, 0.15) is 26.4 Å². The van der Waals surface area contributed by atoms with Gasteiger partial charge in [-0.3, -0.25) is 4.79 Å². The molecule has 72 valence electrons. The summed E-state index contributed by atoms with van der Waals surface area (Å²) < 4.78 is 5.22. The van der Waals surface area contributed by atoms with Crippen LogP contribution < -0.4 is 0 Å². The first-order chi connectivity index (χ1) is 6.27. The lowest BCUT2D eigenvalue weighted by atomic mass is 10.5. The zero-order valence-corrected chi connectivity index (χ0v) is 9.60. The average molecular weight is 264 g/mol. The third kappa shape index (κ3) is 3.17. The van der Waals surface area contributed by atoms with Crippen LogP contribution >= 0.6 is 27.3 Å². The minimum atomic E-state index is 0.0890. The van der Waals surface area contributed by atoms with Gasteiger partial charge in [0, 0.05) is 12.8 Å². The van der Waals surface area contributed by atoms with Crippen LogP contribution in [0.2, 0.25) is 0 Å². The van der Waals surface area contributed by atoms with E-state index in [4.69, 9.17) is 4.74 Å². The number of carbonyl (C=O) groups excluding carboxylic acids is 1.